The average Bonchev–Trinajstić information content (AvgIpc) is 2.81. The van der Waals surface area contributed by atoms with Gasteiger partial charge in [-0.05, 0) is 54.9 Å². The van der Waals surface area contributed by atoms with Crippen molar-refractivity contribution in [2.24, 2.45) is 0 Å². The van der Waals surface area contributed by atoms with Crippen molar-refractivity contribution in [3.8, 4) is 6.07 Å². The van der Waals surface area contributed by atoms with Gasteiger partial charge in [0.05, 0.1) is 18.0 Å². The molecule has 2 aliphatic rings. The second-order valence-corrected chi connectivity index (χ2v) is 8.84. The summed E-state index contributed by atoms with van der Waals surface area (Å²) in [6.07, 6.45) is 8.12. The maximum absolute atomic E-state index is 12.6. The number of rotatable bonds is 5. The van der Waals surface area contributed by atoms with Gasteiger partial charge in [0, 0.05) is 18.8 Å². The molecule has 4 rings (SSSR count). The maximum atomic E-state index is 12.6. The molecule has 0 spiro atoms. The Kier molecular flexibility index (Phi) is 6.50. The second-order valence-electron chi connectivity index (χ2n) is 8.84. The van der Waals surface area contributed by atoms with Crippen molar-refractivity contribution >= 4 is 11.6 Å². The Hall–Kier alpha value is -2.64. The van der Waals surface area contributed by atoms with E-state index in [0.29, 0.717) is 12.5 Å². The first-order chi connectivity index (χ1) is 14.7. The summed E-state index contributed by atoms with van der Waals surface area (Å²) in [7, 11) is 0. The molecule has 1 saturated carbocycles. The van der Waals surface area contributed by atoms with E-state index in [1.807, 2.05) is 42.5 Å². The van der Waals surface area contributed by atoms with Crippen LogP contribution in [-0.4, -0.2) is 30.4 Å². The minimum atomic E-state index is -0.427. The lowest BCUT2D eigenvalue weighted by molar-refractivity contribution is -0.117. The molecule has 0 atom stereocenters. The zero-order chi connectivity index (χ0) is 20.8. The Morgan fingerprint density at radius 1 is 1.00 bits per heavy atom. The Labute approximate surface area is 179 Å². The zero-order valence-corrected chi connectivity index (χ0v) is 17.6. The molecule has 1 heterocycles. The van der Waals surface area contributed by atoms with Crippen LogP contribution < -0.4 is 5.32 Å². The van der Waals surface area contributed by atoms with Gasteiger partial charge in [-0.1, -0.05) is 61.7 Å². The van der Waals surface area contributed by atoms with E-state index in [1.165, 1.54) is 37.7 Å². The van der Waals surface area contributed by atoms with E-state index in [0.717, 1.165) is 37.2 Å². The summed E-state index contributed by atoms with van der Waals surface area (Å²) in [4.78, 5) is 14.7. The van der Waals surface area contributed by atoms with E-state index in [1.54, 1.807) is 0 Å². The Balaban J connectivity index is 1.28. The minimum Gasteiger partial charge on any atom is -0.325 e. The summed E-state index contributed by atoms with van der Waals surface area (Å²) >= 11 is 0. The van der Waals surface area contributed by atoms with Crippen molar-refractivity contribution in [1.82, 2.24) is 4.90 Å². The Morgan fingerprint density at radius 3 is 2.30 bits per heavy atom. The van der Waals surface area contributed by atoms with Crippen LogP contribution in [0.2, 0.25) is 0 Å². The number of likely N-dealkylation sites (tertiary alicyclic amines) is 1. The third-order valence-electron chi connectivity index (χ3n) is 6.89. The number of carbonyl (C=O) groups is 1. The number of amides is 1. The highest BCUT2D eigenvalue weighted by Crippen LogP contribution is 2.35. The van der Waals surface area contributed by atoms with E-state index >= 15 is 0 Å². The van der Waals surface area contributed by atoms with Crippen molar-refractivity contribution < 1.29 is 4.79 Å². The molecule has 1 saturated heterocycles. The van der Waals surface area contributed by atoms with Crippen molar-refractivity contribution in [2.45, 2.75) is 56.3 Å². The van der Waals surface area contributed by atoms with Crippen molar-refractivity contribution in [3.63, 3.8) is 0 Å². The summed E-state index contributed by atoms with van der Waals surface area (Å²) in [5.41, 5.74) is 2.93. The summed E-state index contributed by atoms with van der Waals surface area (Å²) in [6.45, 7) is 1.90. The second kappa shape index (κ2) is 9.45. The molecule has 4 nitrogen and oxygen atoms in total. The van der Waals surface area contributed by atoms with Crippen LogP contribution in [0.1, 0.15) is 62.0 Å². The molecular weight excluding hydrogens is 370 g/mol. The van der Waals surface area contributed by atoms with Gasteiger partial charge in [-0.15, -0.1) is 0 Å². The van der Waals surface area contributed by atoms with Crippen LogP contribution in [0.4, 0.5) is 5.69 Å². The number of nitriles is 1. The number of nitrogens with one attached hydrogen (secondary N) is 1. The van der Waals surface area contributed by atoms with Gasteiger partial charge in [0.15, 0.2) is 0 Å². The van der Waals surface area contributed by atoms with Crippen molar-refractivity contribution in [3.05, 3.63) is 65.7 Å². The SMILES string of the molecule is N#CC1(c2ccccc2)CCN(CC(=O)Nc2ccc(C3CCCCC3)cc2)CC1. The van der Waals surface area contributed by atoms with Crippen LogP contribution in [0.25, 0.3) is 0 Å². The number of hydrogen-bond acceptors (Lipinski definition) is 3. The lowest BCUT2D eigenvalue weighted by Gasteiger charge is -2.37. The largest absolute Gasteiger partial charge is 0.325 e. The first-order valence-electron chi connectivity index (χ1n) is 11.3. The smallest absolute Gasteiger partial charge is 0.238 e. The molecule has 0 bridgehead atoms. The average molecular weight is 402 g/mol. The van der Waals surface area contributed by atoms with Crippen LogP contribution in [0, 0.1) is 11.3 Å². The first kappa shape index (κ1) is 20.6. The monoisotopic (exact) mass is 401 g/mol. The van der Waals surface area contributed by atoms with Crippen LogP contribution >= 0.6 is 0 Å². The van der Waals surface area contributed by atoms with Gasteiger partial charge < -0.3 is 5.32 Å². The molecule has 1 aliphatic carbocycles. The molecule has 4 heteroatoms. The summed E-state index contributed by atoms with van der Waals surface area (Å²) < 4.78 is 0. The third-order valence-corrected chi connectivity index (χ3v) is 6.89. The molecule has 2 fully saturated rings. The molecule has 30 heavy (non-hydrogen) atoms. The summed E-state index contributed by atoms with van der Waals surface area (Å²) in [6, 6.07) is 21.0. The number of carbonyl (C=O) groups excluding carboxylic acids is 1. The van der Waals surface area contributed by atoms with E-state index in [-0.39, 0.29) is 5.91 Å². The number of anilines is 1. The van der Waals surface area contributed by atoms with Gasteiger partial charge in [0.25, 0.3) is 0 Å². The molecule has 156 valence electrons. The molecule has 2 aromatic carbocycles. The third kappa shape index (κ3) is 4.74. The van der Waals surface area contributed by atoms with E-state index in [2.05, 4.69) is 28.4 Å². The van der Waals surface area contributed by atoms with Gasteiger partial charge in [0.1, 0.15) is 0 Å². The lowest BCUT2D eigenvalue weighted by Crippen LogP contribution is -2.44. The predicted molar refractivity (Wildman–Crippen MR) is 120 cm³/mol. The fraction of sp³-hybridized carbons (Fsp3) is 0.462. The number of nitrogens with zero attached hydrogens (tertiary/aromatic N) is 2. The summed E-state index contributed by atoms with van der Waals surface area (Å²) in [5.74, 6) is 0.700. The highest BCUT2D eigenvalue weighted by Gasteiger charge is 2.36. The quantitative estimate of drug-likeness (QED) is 0.746. The number of piperidine rings is 1. The van der Waals surface area contributed by atoms with Crippen LogP contribution in [0.3, 0.4) is 0 Å². The Morgan fingerprint density at radius 2 is 1.67 bits per heavy atom. The molecule has 1 N–H and O–H groups in total. The zero-order valence-electron chi connectivity index (χ0n) is 17.6. The van der Waals surface area contributed by atoms with E-state index in [9.17, 15) is 10.1 Å². The maximum Gasteiger partial charge on any atom is 0.238 e. The topological polar surface area (TPSA) is 56.1 Å². The van der Waals surface area contributed by atoms with Crippen LogP contribution in [-0.2, 0) is 10.2 Å². The molecule has 0 aromatic heterocycles. The fourth-order valence-corrected chi connectivity index (χ4v) is 4.99. The van der Waals surface area contributed by atoms with Gasteiger partial charge in [-0.3, -0.25) is 9.69 Å². The molecule has 0 radical (unpaired) electrons. The predicted octanol–water partition coefficient (Wildman–Crippen LogP) is 5.23. The van der Waals surface area contributed by atoms with Gasteiger partial charge in [0.2, 0.25) is 5.91 Å². The molecular formula is C26H31N3O. The van der Waals surface area contributed by atoms with Gasteiger partial charge in [-0.25, -0.2) is 0 Å². The highest BCUT2D eigenvalue weighted by molar-refractivity contribution is 5.92. The van der Waals surface area contributed by atoms with Crippen LogP contribution in [0.5, 0.6) is 0 Å². The molecule has 1 amide bonds. The Bertz CT molecular complexity index is 871. The number of benzene rings is 2. The standard InChI is InChI=1S/C26H31N3O/c27-20-26(23-9-5-2-6-10-23)15-17-29(18-16-26)19-25(30)28-24-13-11-22(12-14-24)21-7-3-1-4-8-21/h2,5-6,9-14,21H,1,3-4,7-8,15-19H2,(H,28,30). The van der Waals surface area contributed by atoms with Crippen molar-refractivity contribution in [2.75, 3.05) is 25.0 Å². The molecule has 0 unspecified atom stereocenters. The lowest BCUT2D eigenvalue weighted by atomic mass is 9.74. The van der Waals surface area contributed by atoms with Crippen molar-refractivity contribution in [1.29, 1.82) is 5.26 Å². The van der Waals surface area contributed by atoms with Crippen LogP contribution in [0.15, 0.2) is 54.6 Å². The van der Waals surface area contributed by atoms with E-state index < -0.39 is 5.41 Å². The molecule has 1 aliphatic heterocycles. The molecule has 2 aromatic rings. The normalized spacial score (nSPS) is 19.7. The first-order valence-corrected chi connectivity index (χ1v) is 11.3. The minimum absolute atomic E-state index is 0.0181. The highest BCUT2D eigenvalue weighted by atomic mass is 16.2. The van der Waals surface area contributed by atoms with Gasteiger partial charge in [-0.2, -0.15) is 5.26 Å². The fourth-order valence-electron chi connectivity index (χ4n) is 4.99. The van der Waals surface area contributed by atoms with Gasteiger partial charge >= 0.3 is 0 Å². The van der Waals surface area contributed by atoms with E-state index in [4.69, 9.17) is 0 Å². The summed E-state index contributed by atoms with van der Waals surface area (Å²) in [5, 5.41) is 12.9. The number of hydrogen-bond donors (Lipinski definition) is 1.